The Morgan fingerprint density at radius 2 is 2.21 bits per heavy atom. The molecule has 1 aliphatic rings. The van der Waals surface area contributed by atoms with Gasteiger partial charge in [-0.1, -0.05) is 0 Å². The molecule has 1 aliphatic heterocycles. The van der Waals surface area contributed by atoms with E-state index < -0.39 is 0 Å². The van der Waals surface area contributed by atoms with Crippen molar-refractivity contribution in [2.24, 2.45) is 4.99 Å². The van der Waals surface area contributed by atoms with Gasteiger partial charge < -0.3 is 24.1 Å². The summed E-state index contributed by atoms with van der Waals surface area (Å²) in [4.78, 5) is 11.1. The van der Waals surface area contributed by atoms with Crippen molar-refractivity contribution < 1.29 is 13.9 Å². The Hall–Kier alpha value is -1.66. The molecule has 9 nitrogen and oxygen atoms in total. The van der Waals surface area contributed by atoms with E-state index in [-0.39, 0.29) is 24.0 Å². The first-order valence-corrected chi connectivity index (χ1v) is 9.31. The maximum atomic E-state index is 5.92. The highest BCUT2D eigenvalue weighted by Crippen LogP contribution is 2.15. The minimum absolute atomic E-state index is 0. The second kappa shape index (κ2) is 12.0. The number of aromatic amines is 1. The molecule has 1 fully saturated rings. The molecule has 0 bridgehead atoms. The monoisotopic (exact) mass is 504 g/mol. The van der Waals surface area contributed by atoms with Crippen molar-refractivity contribution in [3.05, 3.63) is 24.2 Å². The molecule has 10 heteroatoms. The molecule has 3 heterocycles. The van der Waals surface area contributed by atoms with Gasteiger partial charge in [0.05, 0.1) is 18.9 Å². The largest absolute Gasteiger partial charge is 0.461 e. The third-order valence-electron chi connectivity index (χ3n) is 4.49. The van der Waals surface area contributed by atoms with Crippen LogP contribution in [0.3, 0.4) is 0 Å². The molecule has 2 aromatic heterocycles. The fraction of sp³-hybridized carbons (Fsp3) is 0.611. The number of hydrogen-bond donors (Lipinski definition) is 2. The number of methoxy groups -OCH3 is 1. The SMILES string of the molecule is CN=C(NCc1nc(-c2ccco2)n[nH]1)N1CCC(OCCCOC)CC1.I. The van der Waals surface area contributed by atoms with Crippen LogP contribution in [-0.2, 0) is 16.0 Å². The molecule has 0 saturated carbocycles. The topological polar surface area (TPSA) is 101 Å². The van der Waals surface area contributed by atoms with Gasteiger partial charge in [-0.2, -0.15) is 0 Å². The number of nitrogens with zero attached hydrogens (tertiary/aromatic N) is 4. The van der Waals surface area contributed by atoms with E-state index in [4.69, 9.17) is 13.9 Å². The number of likely N-dealkylation sites (tertiary alicyclic amines) is 1. The summed E-state index contributed by atoms with van der Waals surface area (Å²) in [5.74, 6) is 2.80. The second-order valence-electron chi connectivity index (χ2n) is 6.39. The summed E-state index contributed by atoms with van der Waals surface area (Å²) in [6.07, 6.45) is 4.87. The van der Waals surface area contributed by atoms with Crippen molar-refractivity contribution in [3.63, 3.8) is 0 Å². The molecule has 0 unspecified atom stereocenters. The molecule has 0 aromatic carbocycles. The Morgan fingerprint density at radius 1 is 1.39 bits per heavy atom. The summed E-state index contributed by atoms with van der Waals surface area (Å²) in [6.45, 7) is 3.87. The fourth-order valence-electron chi connectivity index (χ4n) is 3.07. The zero-order chi connectivity index (χ0) is 18.9. The number of ether oxygens (including phenoxy) is 2. The highest BCUT2D eigenvalue weighted by atomic mass is 127. The van der Waals surface area contributed by atoms with Crippen molar-refractivity contribution in [2.45, 2.75) is 31.9 Å². The van der Waals surface area contributed by atoms with E-state index in [1.165, 1.54) is 0 Å². The number of furan rings is 1. The molecule has 2 aromatic rings. The number of H-pyrrole nitrogens is 1. The highest BCUT2D eigenvalue weighted by molar-refractivity contribution is 14.0. The smallest absolute Gasteiger partial charge is 0.216 e. The molecule has 0 aliphatic carbocycles. The number of aromatic nitrogens is 3. The number of aliphatic imine (C=N–C) groups is 1. The van der Waals surface area contributed by atoms with Gasteiger partial charge in [-0.3, -0.25) is 10.1 Å². The van der Waals surface area contributed by atoms with E-state index in [2.05, 4.69) is 30.4 Å². The summed E-state index contributed by atoms with van der Waals surface area (Å²) in [7, 11) is 3.51. The van der Waals surface area contributed by atoms with Crippen molar-refractivity contribution in [3.8, 4) is 11.6 Å². The number of rotatable bonds is 8. The van der Waals surface area contributed by atoms with Crippen molar-refractivity contribution >= 4 is 29.9 Å². The standard InChI is InChI=1S/C18H28N6O3.HI/c1-19-18(24-8-6-14(7-9-24)26-12-4-10-25-2)20-13-16-21-17(23-22-16)15-5-3-11-27-15;/h3,5,11,14H,4,6-10,12-13H2,1-2H3,(H,19,20)(H,21,22,23);1H. The van der Waals surface area contributed by atoms with Crippen LogP contribution in [0.4, 0.5) is 0 Å². The lowest BCUT2D eigenvalue weighted by atomic mass is 10.1. The van der Waals surface area contributed by atoms with E-state index in [0.29, 0.717) is 24.2 Å². The number of hydrogen-bond acceptors (Lipinski definition) is 6. The zero-order valence-corrected chi connectivity index (χ0v) is 18.7. The highest BCUT2D eigenvalue weighted by Gasteiger charge is 2.22. The summed E-state index contributed by atoms with van der Waals surface area (Å²) >= 11 is 0. The van der Waals surface area contributed by atoms with Crippen LogP contribution in [0.1, 0.15) is 25.1 Å². The van der Waals surface area contributed by atoms with Crippen LogP contribution in [0, 0.1) is 0 Å². The quantitative estimate of drug-likeness (QED) is 0.246. The van der Waals surface area contributed by atoms with E-state index in [1.54, 1.807) is 20.4 Å². The minimum Gasteiger partial charge on any atom is -0.461 e. The molecular formula is C18H29IN6O3. The molecule has 0 radical (unpaired) electrons. The molecule has 0 atom stereocenters. The number of nitrogens with one attached hydrogen (secondary N) is 2. The lowest BCUT2D eigenvalue weighted by molar-refractivity contribution is 0.00989. The van der Waals surface area contributed by atoms with Crippen molar-refractivity contribution in [1.29, 1.82) is 0 Å². The van der Waals surface area contributed by atoms with Gasteiger partial charge >= 0.3 is 0 Å². The van der Waals surface area contributed by atoms with Crippen LogP contribution in [0.5, 0.6) is 0 Å². The van der Waals surface area contributed by atoms with Crippen molar-refractivity contribution in [2.75, 3.05) is 40.5 Å². The molecule has 28 heavy (non-hydrogen) atoms. The Kier molecular flexibility index (Phi) is 9.71. The van der Waals surface area contributed by atoms with Crippen LogP contribution in [0.15, 0.2) is 27.8 Å². The first-order valence-electron chi connectivity index (χ1n) is 9.31. The molecule has 156 valence electrons. The van der Waals surface area contributed by atoms with E-state index >= 15 is 0 Å². The minimum atomic E-state index is 0. The van der Waals surface area contributed by atoms with E-state index in [1.807, 2.05) is 12.1 Å². The van der Waals surface area contributed by atoms with Gasteiger partial charge in [-0.15, -0.1) is 29.1 Å². The van der Waals surface area contributed by atoms with Crippen LogP contribution >= 0.6 is 24.0 Å². The first kappa shape index (κ1) is 22.6. The summed E-state index contributed by atoms with van der Waals surface area (Å²) in [5, 5.41) is 10.5. The van der Waals surface area contributed by atoms with Crippen LogP contribution in [0.25, 0.3) is 11.6 Å². The Balaban J connectivity index is 0.00000280. The molecule has 1 saturated heterocycles. The van der Waals surface area contributed by atoms with Gasteiger partial charge in [0.1, 0.15) is 5.82 Å². The predicted molar refractivity (Wildman–Crippen MR) is 117 cm³/mol. The summed E-state index contributed by atoms with van der Waals surface area (Å²) in [5.41, 5.74) is 0. The van der Waals surface area contributed by atoms with Gasteiger partial charge in [0, 0.05) is 40.5 Å². The Labute approximate surface area is 182 Å². The van der Waals surface area contributed by atoms with Gasteiger partial charge in [-0.05, 0) is 31.4 Å². The van der Waals surface area contributed by atoms with Gasteiger partial charge in [0.15, 0.2) is 11.7 Å². The van der Waals surface area contributed by atoms with Crippen LogP contribution in [0.2, 0.25) is 0 Å². The molecule has 3 rings (SSSR count). The first-order chi connectivity index (χ1) is 13.3. The fourth-order valence-corrected chi connectivity index (χ4v) is 3.07. The van der Waals surface area contributed by atoms with Crippen LogP contribution < -0.4 is 5.32 Å². The lowest BCUT2D eigenvalue weighted by Crippen LogP contribution is -2.46. The summed E-state index contributed by atoms with van der Waals surface area (Å²) in [6, 6.07) is 3.65. The summed E-state index contributed by atoms with van der Waals surface area (Å²) < 4.78 is 16.3. The normalized spacial score (nSPS) is 15.5. The molecule has 2 N–H and O–H groups in total. The predicted octanol–water partition coefficient (Wildman–Crippen LogP) is 2.28. The second-order valence-corrected chi connectivity index (χ2v) is 6.39. The molecule has 0 spiro atoms. The molecular weight excluding hydrogens is 475 g/mol. The maximum absolute atomic E-state index is 5.92. The number of guanidine groups is 1. The van der Waals surface area contributed by atoms with E-state index in [9.17, 15) is 0 Å². The average Bonchev–Trinajstić information content (AvgIpc) is 3.38. The van der Waals surface area contributed by atoms with Crippen LogP contribution in [-0.4, -0.2) is 72.6 Å². The van der Waals surface area contributed by atoms with Crippen molar-refractivity contribution in [1.82, 2.24) is 25.4 Å². The number of piperidine rings is 1. The third kappa shape index (κ3) is 6.45. The lowest BCUT2D eigenvalue weighted by Gasteiger charge is -2.34. The number of halogens is 1. The Bertz CT molecular complexity index is 698. The van der Waals surface area contributed by atoms with Gasteiger partial charge in [-0.25, -0.2) is 4.98 Å². The van der Waals surface area contributed by atoms with E-state index in [0.717, 1.165) is 57.3 Å². The average molecular weight is 504 g/mol. The van der Waals surface area contributed by atoms with Gasteiger partial charge in [0.2, 0.25) is 5.82 Å². The third-order valence-corrected chi connectivity index (χ3v) is 4.49. The maximum Gasteiger partial charge on any atom is 0.216 e. The van der Waals surface area contributed by atoms with Gasteiger partial charge in [0.25, 0.3) is 0 Å². The Morgan fingerprint density at radius 3 is 2.89 bits per heavy atom. The zero-order valence-electron chi connectivity index (χ0n) is 16.4. The molecule has 0 amide bonds.